The molecule has 0 atom stereocenters. The Labute approximate surface area is 329 Å². The van der Waals surface area contributed by atoms with Crippen LogP contribution < -0.4 is 0 Å². The Kier molecular flexibility index (Phi) is 5.68. The minimum atomic E-state index is 0.496. The zero-order valence-corrected chi connectivity index (χ0v) is 30.8. The molecule has 6 heterocycles. The van der Waals surface area contributed by atoms with E-state index in [1.54, 1.807) is 0 Å². The summed E-state index contributed by atoms with van der Waals surface area (Å²) in [5, 5.41) is 7.72. The van der Waals surface area contributed by atoms with Crippen molar-refractivity contribution in [3.63, 3.8) is 0 Å². The van der Waals surface area contributed by atoms with Crippen molar-refractivity contribution in [2.24, 2.45) is 0 Å². The Bertz CT molecular complexity index is 3930. The van der Waals surface area contributed by atoms with Gasteiger partial charge in [-0.25, -0.2) is 4.98 Å². The molecule has 0 saturated heterocycles. The third-order valence-electron chi connectivity index (χ3n) is 12.3. The van der Waals surface area contributed by atoms with Crippen molar-refractivity contribution < 1.29 is 8.83 Å². The van der Waals surface area contributed by atoms with Gasteiger partial charge in [-0.1, -0.05) is 115 Å². The predicted molar refractivity (Wildman–Crippen MR) is 235 cm³/mol. The van der Waals surface area contributed by atoms with Crippen LogP contribution in [0, 0.1) is 0 Å². The minimum Gasteiger partial charge on any atom is -0.456 e. The first kappa shape index (κ1) is 30.3. The summed E-state index contributed by atoms with van der Waals surface area (Å²) in [6.45, 7) is 0. The lowest BCUT2D eigenvalue weighted by Crippen LogP contribution is -2.03. The molecule has 0 fully saturated rings. The van der Waals surface area contributed by atoms with Crippen molar-refractivity contribution in [2.45, 2.75) is 0 Å². The molecule has 8 aromatic carbocycles. The van der Waals surface area contributed by atoms with E-state index in [1.165, 1.54) is 44.2 Å². The van der Waals surface area contributed by atoms with Gasteiger partial charge in [-0.2, -0.15) is 4.98 Å². The largest absolute Gasteiger partial charge is 0.456 e. The highest BCUT2D eigenvalue weighted by Crippen LogP contribution is 2.48. The smallest absolute Gasteiger partial charge is 0.248 e. The van der Waals surface area contributed by atoms with Gasteiger partial charge in [-0.15, -0.1) is 0 Å². The number of fused-ring (bicyclic) bond motifs is 17. The maximum atomic E-state index is 6.45. The van der Waals surface area contributed by atoms with E-state index in [-0.39, 0.29) is 0 Å². The molecule has 0 unspecified atom stereocenters. The predicted octanol–water partition coefficient (Wildman–Crippen LogP) is 13.8. The van der Waals surface area contributed by atoms with E-state index in [2.05, 4.69) is 137 Å². The second-order valence-corrected chi connectivity index (χ2v) is 15.3. The van der Waals surface area contributed by atoms with Crippen LogP contribution in [0.1, 0.15) is 0 Å². The Morgan fingerprint density at radius 1 is 0.379 bits per heavy atom. The third-order valence-corrected chi connectivity index (χ3v) is 12.3. The molecule has 14 rings (SSSR count). The Morgan fingerprint density at radius 2 is 1.00 bits per heavy atom. The van der Waals surface area contributed by atoms with Crippen LogP contribution in [-0.2, 0) is 0 Å². The second-order valence-electron chi connectivity index (χ2n) is 15.3. The van der Waals surface area contributed by atoms with Crippen molar-refractivity contribution in [2.75, 3.05) is 0 Å². The number of rotatable bonds is 2. The number of furan rings is 2. The molecule has 0 bridgehead atoms. The first-order chi connectivity index (χ1) is 28.8. The first-order valence-electron chi connectivity index (χ1n) is 19.6. The van der Waals surface area contributed by atoms with E-state index in [1.807, 2.05) is 42.5 Å². The molecule has 0 spiro atoms. The highest BCUT2D eigenvalue weighted by atomic mass is 16.3. The summed E-state index contributed by atoms with van der Waals surface area (Å²) < 4.78 is 17.6. The van der Waals surface area contributed by atoms with Crippen molar-refractivity contribution >= 4 is 87.7 Å². The maximum Gasteiger partial charge on any atom is 0.248 e. The van der Waals surface area contributed by atoms with Gasteiger partial charge in [0.15, 0.2) is 5.82 Å². The SMILES string of the molecule is c1ccc2c(c1)-c1ccccc1-n1c3cc4c5ccccc5n(-c5nc6oc7ccccc7c6nc5-c5ccc6c(c5)oc5ccccc56)c4cc3c3cccc-2c31. The van der Waals surface area contributed by atoms with Gasteiger partial charge in [0.1, 0.15) is 28.0 Å². The number of hydrogen-bond donors (Lipinski definition) is 0. The van der Waals surface area contributed by atoms with Crippen LogP contribution >= 0.6 is 0 Å². The summed E-state index contributed by atoms with van der Waals surface area (Å²) >= 11 is 0. The average Bonchev–Trinajstić information content (AvgIpc) is 4.00. The second kappa shape index (κ2) is 10.9. The van der Waals surface area contributed by atoms with Gasteiger partial charge in [0.2, 0.25) is 5.71 Å². The molecular weight excluding hydrogens is 713 g/mol. The van der Waals surface area contributed by atoms with Crippen LogP contribution in [0.4, 0.5) is 0 Å². The van der Waals surface area contributed by atoms with Crippen LogP contribution in [-0.4, -0.2) is 19.1 Å². The van der Waals surface area contributed by atoms with Crippen LogP contribution in [0.5, 0.6) is 0 Å². The standard InChI is InChI=1S/C52H28N4O2/c1-2-13-31-30(12-1)32-14-3-7-20-41(32)55-43-27-39-33-15-4-8-21-42(33)56(44(39)28-40(43)37-19-11-18-36(31)50(37)55)51-48(53-49-38-17-6-10-23-46(38)58-52(49)54-51)29-24-25-35-34-16-5-9-22-45(34)57-47(35)26-29/h1-28H. The van der Waals surface area contributed by atoms with Gasteiger partial charge in [-0.05, 0) is 65.7 Å². The summed E-state index contributed by atoms with van der Waals surface area (Å²) in [6.07, 6.45) is 0. The van der Waals surface area contributed by atoms with E-state index in [0.717, 1.165) is 77.0 Å². The van der Waals surface area contributed by atoms with Crippen LogP contribution in [0.3, 0.4) is 0 Å². The summed E-state index contributed by atoms with van der Waals surface area (Å²) in [7, 11) is 0. The number of hydrogen-bond acceptors (Lipinski definition) is 4. The van der Waals surface area contributed by atoms with Gasteiger partial charge in [-0.3, -0.25) is 4.57 Å². The number of para-hydroxylation sites is 5. The molecule has 0 saturated carbocycles. The molecule has 5 aromatic heterocycles. The van der Waals surface area contributed by atoms with E-state index in [0.29, 0.717) is 11.5 Å². The monoisotopic (exact) mass is 740 g/mol. The van der Waals surface area contributed by atoms with Gasteiger partial charge < -0.3 is 13.4 Å². The maximum absolute atomic E-state index is 6.45. The number of benzene rings is 8. The summed E-state index contributed by atoms with van der Waals surface area (Å²) in [4.78, 5) is 10.9. The van der Waals surface area contributed by atoms with Crippen LogP contribution in [0.15, 0.2) is 179 Å². The van der Waals surface area contributed by atoms with E-state index < -0.39 is 0 Å². The molecule has 13 aromatic rings. The van der Waals surface area contributed by atoms with Gasteiger partial charge in [0.25, 0.3) is 0 Å². The van der Waals surface area contributed by atoms with Crippen molar-refractivity contribution in [1.82, 2.24) is 19.1 Å². The fourth-order valence-electron chi connectivity index (χ4n) is 9.81. The average molecular weight is 741 g/mol. The topological polar surface area (TPSA) is 61.9 Å². The molecule has 0 aliphatic carbocycles. The Balaban J connectivity index is 1.12. The fraction of sp³-hybridized carbons (Fsp3) is 0. The molecule has 58 heavy (non-hydrogen) atoms. The quantitative estimate of drug-likeness (QED) is 0.177. The lowest BCUT2D eigenvalue weighted by molar-refractivity contribution is 0.652. The number of nitrogens with zero attached hydrogens (tertiary/aromatic N) is 4. The fourth-order valence-corrected chi connectivity index (χ4v) is 9.81. The molecule has 0 radical (unpaired) electrons. The minimum absolute atomic E-state index is 0.496. The molecule has 6 nitrogen and oxygen atoms in total. The highest BCUT2D eigenvalue weighted by molar-refractivity contribution is 6.22. The lowest BCUT2D eigenvalue weighted by Gasteiger charge is -2.13. The lowest BCUT2D eigenvalue weighted by atomic mass is 9.94. The summed E-state index contributed by atoms with van der Waals surface area (Å²) in [5.41, 5.74) is 15.8. The van der Waals surface area contributed by atoms with Gasteiger partial charge in [0, 0.05) is 54.4 Å². The normalized spacial score (nSPS) is 12.5. The number of aromatic nitrogens is 4. The van der Waals surface area contributed by atoms with Crippen LogP contribution in [0.2, 0.25) is 0 Å². The van der Waals surface area contributed by atoms with Gasteiger partial charge in [0.05, 0.1) is 27.8 Å². The molecule has 6 heteroatoms. The summed E-state index contributed by atoms with van der Waals surface area (Å²) in [6, 6.07) is 60.3. The molecular formula is C52H28N4O2. The molecule has 0 N–H and O–H groups in total. The third kappa shape index (κ3) is 3.86. The first-order valence-corrected chi connectivity index (χ1v) is 19.6. The van der Waals surface area contributed by atoms with Crippen molar-refractivity contribution in [3.8, 4) is 45.0 Å². The van der Waals surface area contributed by atoms with E-state index >= 15 is 0 Å². The summed E-state index contributed by atoms with van der Waals surface area (Å²) in [5.74, 6) is 0.692. The van der Waals surface area contributed by atoms with Crippen molar-refractivity contribution in [3.05, 3.63) is 170 Å². The molecule has 268 valence electrons. The Morgan fingerprint density at radius 3 is 1.86 bits per heavy atom. The van der Waals surface area contributed by atoms with E-state index in [4.69, 9.17) is 18.8 Å². The highest BCUT2D eigenvalue weighted by Gasteiger charge is 2.27. The zero-order valence-electron chi connectivity index (χ0n) is 30.8. The van der Waals surface area contributed by atoms with Gasteiger partial charge >= 0.3 is 0 Å². The molecule has 1 aliphatic rings. The van der Waals surface area contributed by atoms with Crippen molar-refractivity contribution in [1.29, 1.82) is 0 Å². The Hall–Kier alpha value is -7.96. The molecule has 0 amide bonds. The molecule has 1 aliphatic heterocycles. The van der Waals surface area contributed by atoms with Crippen LogP contribution in [0.25, 0.3) is 133 Å². The zero-order chi connectivity index (χ0) is 37.6. The van der Waals surface area contributed by atoms with E-state index in [9.17, 15) is 0 Å².